The molecule has 30 heavy (non-hydrogen) atoms. The molecule has 7 heteroatoms. The van der Waals surface area contributed by atoms with Crippen molar-refractivity contribution in [3.8, 4) is 0 Å². The summed E-state index contributed by atoms with van der Waals surface area (Å²) in [5.74, 6) is -0.100. The van der Waals surface area contributed by atoms with E-state index in [4.69, 9.17) is 0 Å². The molecule has 1 fully saturated rings. The highest BCUT2D eigenvalue weighted by atomic mass is 32.2. The van der Waals surface area contributed by atoms with Crippen LogP contribution in [0.4, 0.5) is 4.39 Å². The van der Waals surface area contributed by atoms with Gasteiger partial charge in [0.15, 0.2) is 0 Å². The van der Waals surface area contributed by atoms with Crippen LogP contribution in [-0.4, -0.2) is 25.4 Å². The molecule has 4 rings (SSSR count). The Bertz CT molecular complexity index is 1150. The lowest BCUT2D eigenvalue weighted by Gasteiger charge is -2.21. The second-order valence-corrected chi connectivity index (χ2v) is 9.82. The van der Waals surface area contributed by atoms with Gasteiger partial charge in [0.05, 0.1) is 9.79 Å². The van der Waals surface area contributed by atoms with Gasteiger partial charge in [0, 0.05) is 23.6 Å². The van der Waals surface area contributed by atoms with Gasteiger partial charge in [-0.05, 0) is 49.1 Å². The Labute approximate surface area is 175 Å². The van der Waals surface area contributed by atoms with Crippen LogP contribution in [-0.2, 0) is 21.2 Å². The lowest BCUT2D eigenvalue weighted by atomic mass is 9.89. The van der Waals surface area contributed by atoms with Gasteiger partial charge in [-0.3, -0.25) is 4.79 Å². The van der Waals surface area contributed by atoms with Crippen LogP contribution in [0.3, 0.4) is 0 Å². The summed E-state index contributed by atoms with van der Waals surface area (Å²) in [6, 6.07) is 11.9. The summed E-state index contributed by atoms with van der Waals surface area (Å²) in [5, 5.41) is 3.54. The summed E-state index contributed by atoms with van der Waals surface area (Å²) < 4.78 is 41.2. The van der Waals surface area contributed by atoms with Gasteiger partial charge in [-0.1, -0.05) is 37.5 Å². The Morgan fingerprint density at radius 1 is 1.03 bits per heavy atom. The summed E-state index contributed by atoms with van der Waals surface area (Å²) in [6.45, 7) is 0.713. The van der Waals surface area contributed by atoms with Crippen molar-refractivity contribution in [3.63, 3.8) is 0 Å². The normalized spacial score (nSPS) is 15.4. The van der Waals surface area contributed by atoms with Gasteiger partial charge in [-0.2, -0.15) is 0 Å². The van der Waals surface area contributed by atoms with Crippen LogP contribution in [0, 0.1) is 11.7 Å². The smallest absolute Gasteiger partial charge is 0.239 e. The van der Waals surface area contributed by atoms with Gasteiger partial charge in [0.1, 0.15) is 12.4 Å². The minimum Gasteiger partial charge on any atom is -0.354 e. The minimum absolute atomic E-state index is 0.0218. The third-order valence-electron chi connectivity index (χ3n) is 5.79. The number of halogens is 1. The molecule has 1 aromatic heterocycles. The molecule has 3 aromatic rings. The second kappa shape index (κ2) is 8.60. The highest BCUT2D eigenvalue weighted by Gasteiger charge is 2.24. The number of benzene rings is 2. The molecular formula is C23H25FN2O3S. The number of para-hydroxylation sites is 1. The Kier molecular flexibility index (Phi) is 5.90. The molecule has 0 atom stereocenters. The number of aromatic nitrogens is 1. The predicted octanol–water partition coefficient (Wildman–Crippen LogP) is 4.31. The van der Waals surface area contributed by atoms with E-state index < -0.39 is 15.7 Å². The molecule has 0 spiro atoms. The Morgan fingerprint density at radius 3 is 2.47 bits per heavy atom. The lowest BCUT2D eigenvalue weighted by Crippen LogP contribution is -2.32. The van der Waals surface area contributed by atoms with Crippen LogP contribution in [0.5, 0.6) is 0 Å². The first-order chi connectivity index (χ1) is 14.4. The third kappa shape index (κ3) is 4.26. The van der Waals surface area contributed by atoms with Crippen molar-refractivity contribution in [2.24, 2.45) is 5.92 Å². The van der Waals surface area contributed by atoms with E-state index in [1.165, 1.54) is 37.6 Å². The first kappa shape index (κ1) is 20.6. The van der Waals surface area contributed by atoms with Crippen LogP contribution in [0.2, 0.25) is 0 Å². The molecule has 0 saturated heterocycles. The van der Waals surface area contributed by atoms with Gasteiger partial charge in [0.2, 0.25) is 15.7 Å². The lowest BCUT2D eigenvalue weighted by molar-refractivity contribution is -0.121. The number of hydrogen-bond acceptors (Lipinski definition) is 3. The number of nitrogens with zero attached hydrogens (tertiary/aromatic N) is 1. The molecule has 0 unspecified atom stereocenters. The number of amides is 1. The predicted molar refractivity (Wildman–Crippen MR) is 113 cm³/mol. The fourth-order valence-electron chi connectivity index (χ4n) is 4.16. The molecule has 1 amide bonds. The minimum atomic E-state index is -3.85. The number of fused-ring (bicyclic) bond motifs is 1. The zero-order valence-electron chi connectivity index (χ0n) is 16.7. The maximum absolute atomic E-state index is 13.2. The number of nitrogens with one attached hydrogen (secondary N) is 1. The Balaban J connectivity index is 1.59. The van der Waals surface area contributed by atoms with E-state index in [1.54, 1.807) is 22.8 Å². The van der Waals surface area contributed by atoms with Crippen molar-refractivity contribution in [1.29, 1.82) is 0 Å². The zero-order valence-corrected chi connectivity index (χ0v) is 17.5. The van der Waals surface area contributed by atoms with E-state index in [0.29, 0.717) is 23.4 Å². The van der Waals surface area contributed by atoms with Gasteiger partial charge in [-0.25, -0.2) is 12.8 Å². The molecule has 0 aliphatic heterocycles. The molecule has 5 nitrogen and oxygen atoms in total. The van der Waals surface area contributed by atoms with Crippen molar-refractivity contribution in [2.75, 3.05) is 6.54 Å². The first-order valence-electron chi connectivity index (χ1n) is 10.3. The molecule has 0 bridgehead atoms. The summed E-state index contributed by atoms with van der Waals surface area (Å²) >= 11 is 0. The fraction of sp³-hybridized carbons (Fsp3) is 0.348. The maximum atomic E-state index is 13.2. The molecule has 0 radical (unpaired) electrons. The van der Waals surface area contributed by atoms with Crippen LogP contribution in [0.1, 0.15) is 32.1 Å². The molecule has 1 N–H and O–H groups in total. The van der Waals surface area contributed by atoms with E-state index in [0.717, 1.165) is 25.0 Å². The standard InChI is InChI=1S/C23H25FN2O3S/c24-18-10-12-19(13-11-18)30(28,29)22-15-26(21-9-5-4-8-20(21)22)16-23(27)25-14-17-6-2-1-3-7-17/h4-5,8-13,15,17H,1-3,6-7,14,16H2,(H,25,27). The van der Waals surface area contributed by atoms with Gasteiger partial charge in [0.25, 0.3) is 0 Å². The van der Waals surface area contributed by atoms with Crippen molar-refractivity contribution in [3.05, 3.63) is 60.5 Å². The molecule has 1 saturated carbocycles. The average molecular weight is 429 g/mol. The van der Waals surface area contributed by atoms with Crippen LogP contribution >= 0.6 is 0 Å². The maximum Gasteiger partial charge on any atom is 0.239 e. The summed E-state index contributed by atoms with van der Waals surface area (Å²) in [5.41, 5.74) is 0.672. The molecule has 158 valence electrons. The SMILES string of the molecule is O=C(Cn1cc(S(=O)(=O)c2ccc(F)cc2)c2ccccc21)NCC1CCCCC1. The third-order valence-corrected chi connectivity index (χ3v) is 7.59. The van der Waals surface area contributed by atoms with Gasteiger partial charge < -0.3 is 9.88 Å². The summed E-state index contributed by atoms with van der Waals surface area (Å²) in [4.78, 5) is 12.7. The first-order valence-corrected chi connectivity index (χ1v) is 11.8. The van der Waals surface area contributed by atoms with Crippen molar-refractivity contribution < 1.29 is 17.6 Å². The number of hydrogen-bond donors (Lipinski definition) is 1. The van der Waals surface area contributed by atoms with E-state index in [9.17, 15) is 17.6 Å². The largest absolute Gasteiger partial charge is 0.354 e. The van der Waals surface area contributed by atoms with Crippen molar-refractivity contribution in [2.45, 2.75) is 48.4 Å². The van der Waals surface area contributed by atoms with Gasteiger partial charge >= 0.3 is 0 Å². The number of carbonyl (C=O) groups excluding carboxylic acids is 1. The Morgan fingerprint density at radius 2 is 1.73 bits per heavy atom. The summed E-state index contributed by atoms with van der Waals surface area (Å²) in [7, 11) is -3.85. The van der Waals surface area contributed by atoms with Crippen molar-refractivity contribution in [1.82, 2.24) is 9.88 Å². The summed E-state index contributed by atoms with van der Waals surface area (Å²) in [6.07, 6.45) is 7.50. The molecule has 1 aliphatic rings. The van der Waals surface area contributed by atoms with E-state index >= 15 is 0 Å². The van der Waals surface area contributed by atoms with E-state index in [-0.39, 0.29) is 22.2 Å². The molecule has 1 aliphatic carbocycles. The molecule has 1 heterocycles. The number of sulfone groups is 1. The van der Waals surface area contributed by atoms with Crippen LogP contribution in [0.15, 0.2) is 64.5 Å². The molecular weight excluding hydrogens is 403 g/mol. The monoisotopic (exact) mass is 428 g/mol. The zero-order chi connectivity index (χ0) is 21.1. The van der Waals surface area contributed by atoms with E-state index in [1.807, 2.05) is 6.07 Å². The highest BCUT2D eigenvalue weighted by Crippen LogP contribution is 2.30. The Hall–Kier alpha value is -2.67. The van der Waals surface area contributed by atoms with Crippen LogP contribution < -0.4 is 5.32 Å². The van der Waals surface area contributed by atoms with Gasteiger partial charge in [-0.15, -0.1) is 0 Å². The second-order valence-electron chi connectivity index (χ2n) is 7.90. The molecule has 2 aromatic carbocycles. The highest BCUT2D eigenvalue weighted by molar-refractivity contribution is 7.91. The van der Waals surface area contributed by atoms with Crippen LogP contribution in [0.25, 0.3) is 10.9 Å². The quantitative estimate of drug-likeness (QED) is 0.595. The fourth-order valence-corrected chi connectivity index (χ4v) is 5.64. The average Bonchev–Trinajstić information content (AvgIpc) is 3.13. The topological polar surface area (TPSA) is 68.2 Å². The number of carbonyl (C=O) groups is 1. The van der Waals surface area contributed by atoms with Crippen molar-refractivity contribution >= 4 is 26.6 Å². The number of rotatable bonds is 6. The van der Waals surface area contributed by atoms with E-state index in [2.05, 4.69) is 5.32 Å².